The van der Waals surface area contributed by atoms with E-state index in [0.29, 0.717) is 12.8 Å². The molecule has 0 unspecified atom stereocenters. The largest absolute Gasteiger partial charge is 0.409 e. The van der Waals surface area contributed by atoms with Gasteiger partial charge in [0.15, 0.2) is 5.84 Å². The molecular weight excluding hydrogens is 234 g/mol. The second-order valence-electron chi connectivity index (χ2n) is 4.93. The average molecular weight is 257 g/mol. The van der Waals surface area contributed by atoms with E-state index in [4.69, 9.17) is 16.0 Å². The Morgan fingerprint density at radius 2 is 1.89 bits per heavy atom. The number of nitrogens with two attached hydrogens (primary N) is 1. The van der Waals surface area contributed by atoms with Crippen molar-refractivity contribution in [2.75, 3.05) is 20.2 Å². The van der Waals surface area contributed by atoms with Crippen LogP contribution in [0.4, 0.5) is 0 Å². The van der Waals surface area contributed by atoms with Gasteiger partial charge in [0.1, 0.15) is 5.41 Å². The Bertz CT molecular complexity index is 310. The van der Waals surface area contributed by atoms with Gasteiger partial charge < -0.3 is 20.9 Å². The second-order valence-corrected chi connectivity index (χ2v) is 4.93. The summed E-state index contributed by atoms with van der Waals surface area (Å²) < 4.78 is 0. The van der Waals surface area contributed by atoms with Gasteiger partial charge in [-0.15, -0.1) is 0 Å². The number of aliphatic hydroxyl groups excluding tert-OH is 1. The number of hydrogen-bond acceptors (Lipinski definition) is 4. The van der Waals surface area contributed by atoms with Gasteiger partial charge in [-0.25, -0.2) is 0 Å². The van der Waals surface area contributed by atoms with Crippen molar-refractivity contribution >= 4 is 11.7 Å². The molecule has 0 aromatic heterocycles. The molecule has 104 valence electrons. The van der Waals surface area contributed by atoms with Gasteiger partial charge in [0.2, 0.25) is 5.91 Å². The van der Waals surface area contributed by atoms with Crippen LogP contribution in [-0.4, -0.2) is 47.2 Å². The third-order valence-electron chi connectivity index (χ3n) is 3.75. The Hall–Kier alpha value is -1.30. The van der Waals surface area contributed by atoms with E-state index >= 15 is 0 Å². The number of carbonyl (C=O) groups excluding carboxylic acids is 1. The Morgan fingerprint density at radius 3 is 2.33 bits per heavy atom. The molecule has 0 spiro atoms. The normalized spacial score (nSPS) is 20.2. The smallest absolute Gasteiger partial charge is 0.236 e. The first kappa shape index (κ1) is 14.8. The molecule has 0 saturated heterocycles. The molecule has 6 nitrogen and oxygen atoms in total. The van der Waals surface area contributed by atoms with Crippen molar-refractivity contribution in [1.82, 2.24) is 4.90 Å². The van der Waals surface area contributed by atoms with E-state index in [1.54, 1.807) is 7.05 Å². The van der Waals surface area contributed by atoms with E-state index in [9.17, 15) is 4.79 Å². The second kappa shape index (κ2) is 6.58. The SMILES string of the molecule is CN(CCO)C(=O)C1(C(N)=NO)CCCCCC1. The number of aliphatic hydroxyl groups is 1. The fourth-order valence-corrected chi connectivity index (χ4v) is 2.62. The van der Waals surface area contributed by atoms with Crippen LogP contribution in [0.1, 0.15) is 38.5 Å². The molecule has 0 radical (unpaired) electrons. The van der Waals surface area contributed by atoms with Gasteiger partial charge in [-0.3, -0.25) is 4.79 Å². The zero-order valence-corrected chi connectivity index (χ0v) is 10.9. The molecule has 0 aliphatic heterocycles. The first-order chi connectivity index (χ1) is 8.58. The first-order valence-electron chi connectivity index (χ1n) is 6.43. The summed E-state index contributed by atoms with van der Waals surface area (Å²) in [6, 6.07) is 0. The number of rotatable bonds is 4. The van der Waals surface area contributed by atoms with Crippen LogP contribution in [-0.2, 0) is 4.79 Å². The van der Waals surface area contributed by atoms with Gasteiger partial charge in [-0.2, -0.15) is 0 Å². The molecule has 1 saturated carbocycles. The summed E-state index contributed by atoms with van der Waals surface area (Å²) >= 11 is 0. The van der Waals surface area contributed by atoms with Crippen molar-refractivity contribution in [3.05, 3.63) is 0 Å². The molecule has 1 amide bonds. The van der Waals surface area contributed by atoms with Crippen LogP contribution in [0.2, 0.25) is 0 Å². The van der Waals surface area contributed by atoms with Crippen LogP contribution < -0.4 is 5.73 Å². The van der Waals surface area contributed by atoms with E-state index in [0.717, 1.165) is 25.7 Å². The number of hydrogen-bond donors (Lipinski definition) is 3. The number of carbonyl (C=O) groups is 1. The molecule has 6 heteroatoms. The van der Waals surface area contributed by atoms with Crippen LogP contribution in [0.25, 0.3) is 0 Å². The van der Waals surface area contributed by atoms with Crippen molar-refractivity contribution in [1.29, 1.82) is 0 Å². The molecule has 1 aliphatic rings. The molecule has 4 N–H and O–H groups in total. The lowest BCUT2D eigenvalue weighted by Crippen LogP contribution is -2.50. The highest BCUT2D eigenvalue weighted by atomic mass is 16.4. The highest BCUT2D eigenvalue weighted by Crippen LogP contribution is 2.37. The summed E-state index contributed by atoms with van der Waals surface area (Å²) in [4.78, 5) is 14.0. The summed E-state index contributed by atoms with van der Waals surface area (Å²) in [5, 5.41) is 20.9. The van der Waals surface area contributed by atoms with E-state index in [2.05, 4.69) is 5.16 Å². The number of nitrogens with zero attached hydrogens (tertiary/aromatic N) is 2. The third kappa shape index (κ3) is 2.93. The Balaban J connectivity index is 2.99. The van der Waals surface area contributed by atoms with Crippen molar-refractivity contribution in [2.45, 2.75) is 38.5 Å². The fourth-order valence-electron chi connectivity index (χ4n) is 2.62. The van der Waals surface area contributed by atoms with E-state index < -0.39 is 5.41 Å². The molecule has 18 heavy (non-hydrogen) atoms. The van der Waals surface area contributed by atoms with E-state index in [1.165, 1.54) is 4.90 Å². The molecular formula is C12H23N3O3. The number of amides is 1. The molecule has 1 fully saturated rings. The standard InChI is InChI=1S/C12H23N3O3/c1-15(8-9-16)11(17)12(10(13)14-18)6-4-2-3-5-7-12/h16,18H,2-9H2,1H3,(H2,13,14). The van der Waals surface area contributed by atoms with Crippen LogP contribution in [0.3, 0.4) is 0 Å². The van der Waals surface area contributed by atoms with Gasteiger partial charge in [0.25, 0.3) is 0 Å². The maximum Gasteiger partial charge on any atom is 0.236 e. The summed E-state index contributed by atoms with van der Waals surface area (Å²) in [6.07, 6.45) is 5.15. The minimum Gasteiger partial charge on any atom is -0.409 e. The number of likely N-dealkylation sites (N-methyl/N-ethyl adjacent to an activating group) is 1. The Morgan fingerprint density at radius 1 is 1.33 bits per heavy atom. The van der Waals surface area contributed by atoms with E-state index in [1.807, 2.05) is 0 Å². The van der Waals surface area contributed by atoms with Gasteiger partial charge in [-0.05, 0) is 12.8 Å². The zero-order valence-electron chi connectivity index (χ0n) is 10.9. The average Bonchev–Trinajstić information content (AvgIpc) is 2.63. The molecule has 1 aliphatic carbocycles. The molecule has 0 bridgehead atoms. The summed E-state index contributed by atoms with van der Waals surface area (Å²) in [5.41, 5.74) is 4.88. The van der Waals surface area contributed by atoms with Crippen molar-refractivity contribution in [3.8, 4) is 0 Å². The van der Waals surface area contributed by atoms with Crippen molar-refractivity contribution in [2.24, 2.45) is 16.3 Å². The Labute approximate surface area is 107 Å². The molecule has 0 aromatic carbocycles. The van der Waals surface area contributed by atoms with Gasteiger partial charge >= 0.3 is 0 Å². The lowest BCUT2D eigenvalue weighted by atomic mass is 9.77. The zero-order chi connectivity index (χ0) is 13.6. The van der Waals surface area contributed by atoms with Crippen LogP contribution in [0.5, 0.6) is 0 Å². The van der Waals surface area contributed by atoms with Crippen molar-refractivity contribution < 1.29 is 15.1 Å². The lowest BCUT2D eigenvalue weighted by molar-refractivity contribution is -0.138. The maximum absolute atomic E-state index is 12.5. The van der Waals surface area contributed by atoms with Crippen LogP contribution in [0, 0.1) is 5.41 Å². The lowest BCUT2D eigenvalue weighted by Gasteiger charge is -2.33. The number of amidine groups is 1. The molecule has 0 aromatic rings. The highest BCUT2D eigenvalue weighted by molar-refractivity contribution is 6.06. The molecule has 1 rings (SSSR count). The van der Waals surface area contributed by atoms with Gasteiger partial charge in [0, 0.05) is 13.6 Å². The minimum atomic E-state index is -0.894. The summed E-state index contributed by atoms with van der Waals surface area (Å²) in [5.74, 6) is -0.159. The Kier molecular flexibility index (Phi) is 5.40. The van der Waals surface area contributed by atoms with E-state index in [-0.39, 0.29) is 24.9 Å². The number of oxime groups is 1. The van der Waals surface area contributed by atoms with Crippen LogP contribution >= 0.6 is 0 Å². The predicted octanol–water partition coefficient (Wildman–Crippen LogP) is 0.524. The molecule has 0 atom stereocenters. The maximum atomic E-state index is 12.5. The third-order valence-corrected chi connectivity index (χ3v) is 3.75. The van der Waals surface area contributed by atoms with Crippen LogP contribution in [0.15, 0.2) is 5.16 Å². The minimum absolute atomic E-state index is 0.000750. The quantitative estimate of drug-likeness (QED) is 0.225. The highest BCUT2D eigenvalue weighted by Gasteiger charge is 2.44. The fraction of sp³-hybridized carbons (Fsp3) is 0.833. The summed E-state index contributed by atoms with van der Waals surface area (Å²) in [6.45, 7) is 0.174. The topological polar surface area (TPSA) is 99.2 Å². The van der Waals surface area contributed by atoms with Gasteiger partial charge in [0.05, 0.1) is 6.61 Å². The van der Waals surface area contributed by atoms with Gasteiger partial charge in [-0.1, -0.05) is 30.8 Å². The predicted molar refractivity (Wildman–Crippen MR) is 68.3 cm³/mol. The van der Waals surface area contributed by atoms with Crippen molar-refractivity contribution in [3.63, 3.8) is 0 Å². The monoisotopic (exact) mass is 257 g/mol. The molecule has 0 heterocycles. The summed E-state index contributed by atoms with van der Waals surface area (Å²) in [7, 11) is 1.63. The first-order valence-corrected chi connectivity index (χ1v) is 6.43.